The molecule has 12 heavy (non-hydrogen) atoms. The van der Waals surface area contributed by atoms with E-state index in [1.165, 1.54) is 0 Å². The van der Waals surface area contributed by atoms with Gasteiger partial charge in [-0.1, -0.05) is 13.8 Å². The van der Waals surface area contributed by atoms with Crippen molar-refractivity contribution in [2.24, 2.45) is 5.92 Å². The molecule has 0 bridgehead atoms. The summed E-state index contributed by atoms with van der Waals surface area (Å²) in [6.45, 7) is 4.28. The maximum atomic E-state index is 11.4. The number of hydrogen-bond acceptors (Lipinski definition) is 2. The lowest BCUT2D eigenvalue weighted by Gasteiger charge is -2.10. The molecule has 1 rings (SSSR count). The van der Waals surface area contributed by atoms with Gasteiger partial charge in [0.25, 0.3) is 0 Å². The van der Waals surface area contributed by atoms with Crippen LogP contribution in [0.1, 0.15) is 39.5 Å². The molecule has 1 aliphatic rings. The van der Waals surface area contributed by atoms with Crippen LogP contribution in [0.25, 0.3) is 0 Å². The van der Waals surface area contributed by atoms with E-state index < -0.39 is 9.84 Å². The van der Waals surface area contributed by atoms with E-state index in [-0.39, 0.29) is 5.25 Å². The standard InChI is InChI=1S/C9H18O2S/c1-8(2)5-6-9-4-3-7-12(9,10)11/h8-9H,3-7H2,1-2H3. The third kappa shape index (κ3) is 2.47. The van der Waals surface area contributed by atoms with E-state index >= 15 is 0 Å². The molecule has 0 N–H and O–H groups in total. The van der Waals surface area contributed by atoms with Crippen molar-refractivity contribution in [1.29, 1.82) is 0 Å². The van der Waals surface area contributed by atoms with Crippen molar-refractivity contribution < 1.29 is 8.42 Å². The lowest BCUT2D eigenvalue weighted by molar-refractivity contribution is 0.522. The zero-order valence-electron chi connectivity index (χ0n) is 7.91. The van der Waals surface area contributed by atoms with Crippen molar-refractivity contribution in [2.45, 2.75) is 44.8 Å². The molecule has 1 saturated heterocycles. The van der Waals surface area contributed by atoms with Crippen LogP contribution in [0.4, 0.5) is 0 Å². The average Bonchev–Trinajstić information content (AvgIpc) is 2.25. The molecule has 1 heterocycles. The Kier molecular flexibility index (Phi) is 3.16. The Labute approximate surface area is 75.3 Å². The topological polar surface area (TPSA) is 34.1 Å². The smallest absolute Gasteiger partial charge is 0.153 e. The van der Waals surface area contributed by atoms with Gasteiger partial charge in [-0.3, -0.25) is 0 Å². The van der Waals surface area contributed by atoms with E-state index in [0.29, 0.717) is 11.7 Å². The molecule has 1 atom stereocenters. The van der Waals surface area contributed by atoms with E-state index in [0.717, 1.165) is 25.7 Å². The predicted molar refractivity (Wildman–Crippen MR) is 50.9 cm³/mol. The van der Waals surface area contributed by atoms with Gasteiger partial charge < -0.3 is 0 Å². The van der Waals surface area contributed by atoms with Crippen molar-refractivity contribution >= 4 is 9.84 Å². The van der Waals surface area contributed by atoms with Gasteiger partial charge in [-0.25, -0.2) is 8.42 Å². The highest BCUT2D eigenvalue weighted by Crippen LogP contribution is 2.25. The molecule has 0 saturated carbocycles. The van der Waals surface area contributed by atoms with E-state index in [1.54, 1.807) is 0 Å². The van der Waals surface area contributed by atoms with Gasteiger partial charge in [0.1, 0.15) is 0 Å². The summed E-state index contributed by atoms with van der Waals surface area (Å²) >= 11 is 0. The number of hydrogen-bond donors (Lipinski definition) is 0. The lowest BCUT2D eigenvalue weighted by Crippen LogP contribution is -2.16. The lowest BCUT2D eigenvalue weighted by atomic mass is 10.0. The van der Waals surface area contributed by atoms with Crippen LogP contribution in [0.5, 0.6) is 0 Å². The summed E-state index contributed by atoms with van der Waals surface area (Å²) in [5.74, 6) is 1.05. The minimum absolute atomic E-state index is 0.0140. The maximum Gasteiger partial charge on any atom is 0.153 e. The fourth-order valence-corrected chi connectivity index (χ4v) is 3.62. The van der Waals surface area contributed by atoms with Crippen LogP contribution < -0.4 is 0 Å². The first-order valence-electron chi connectivity index (χ1n) is 4.74. The first-order valence-corrected chi connectivity index (χ1v) is 6.45. The van der Waals surface area contributed by atoms with E-state index in [1.807, 2.05) is 0 Å². The largest absolute Gasteiger partial charge is 0.229 e. The van der Waals surface area contributed by atoms with E-state index in [2.05, 4.69) is 13.8 Å². The van der Waals surface area contributed by atoms with E-state index in [4.69, 9.17) is 0 Å². The van der Waals surface area contributed by atoms with E-state index in [9.17, 15) is 8.42 Å². The second-order valence-electron chi connectivity index (χ2n) is 4.10. The Morgan fingerprint density at radius 2 is 2.08 bits per heavy atom. The number of rotatable bonds is 3. The molecule has 72 valence electrons. The Bertz CT molecular complexity index is 229. The highest BCUT2D eigenvalue weighted by molar-refractivity contribution is 7.92. The molecule has 1 unspecified atom stereocenters. The summed E-state index contributed by atoms with van der Waals surface area (Å²) in [6, 6.07) is 0. The van der Waals surface area contributed by atoms with Crippen molar-refractivity contribution in [3.8, 4) is 0 Å². The predicted octanol–water partition coefficient (Wildman–Crippen LogP) is 2.00. The number of sulfone groups is 1. The Morgan fingerprint density at radius 3 is 2.50 bits per heavy atom. The summed E-state index contributed by atoms with van der Waals surface area (Å²) in [4.78, 5) is 0. The molecule has 0 aromatic carbocycles. The first kappa shape index (κ1) is 10.0. The molecule has 1 fully saturated rings. The fraction of sp³-hybridized carbons (Fsp3) is 1.00. The minimum atomic E-state index is -2.68. The molecule has 0 aromatic rings. The van der Waals surface area contributed by atoms with Gasteiger partial charge in [0.2, 0.25) is 0 Å². The molecule has 0 aromatic heterocycles. The minimum Gasteiger partial charge on any atom is -0.229 e. The summed E-state index contributed by atoms with van der Waals surface area (Å²) in [5, 5.41) is -0.0140. The van der Waals surface area contributed by atoms with Crippen molar-refractivity contribution in [1.82, 2.24) is 0 Å². The van der Waals surface area contributed by atoms with Gasteiger partial charge in [-0.05, 0) is 31.6 Å². The first-order chi connectivity index (χ1) is 5.52. The highest BCUT2D eigenvalue weighted by Gasteiger charge is 2.30. The van der Waals surface area contributed by atoms with Crippen molar-refractivity contribution in [2.75, 3.05) is 5.75 Å². The van der Waals surface area contributed by atoms with Crippen LogP contribution in [-0.2, 0) is 9.84 Å². The summed E-state index contributed by atoms with van der Waals surface area (Å²) < 4.78 is 22.7. The molecule has 2 nitrogen and oxygen atoms in total. The fourth-order valence-electron chi connectivity index (χ4n) is 1.70. The molecule has 0 aliphatic carbocycles. The second kappa shape index (κ2) is 3.77. The molecule has 0 radical (unpaired) electrons. The average molecular weight is 190 g/mol. The molecule has 0 spiro atoms. The third-order valence-corrected chi connectivity index (χ3v) is 4.87. The summed E-state index contributed by atoms with van der Waals surface area (Å²) in [6.07, 6.45) is 3.70. The molecule has 3 heteroatoms. The maximum absolute atomic E-state index is 11.4. The van der Waals surface area contributed by atoms with Crippen LogP contribution in [0.3, 0.4) is 0 Å². The van der Waals surface area contributed by atoms with Gasteiger partial charge in [0, 0.05) is 0 Å². The molecular formula is C9H18O2S. The monoisotopic (exact) mass is 190 g/mol. The third-order valence-electron chi connectivity index (χ3n) is 2.53. The van der Waals surface area contributed by atoms with Crippen LogP contribution in [-0.4, -0.2) is 19.4 Å². The normalized spacial score (nSPS) is 28.1. The van der Waals surface area contributed by atoms with Gasteiger partial charge in [-0.2, -0.15) is 0 Å². The molecule has 1 aliphatic heterocycles. The van der Waals surface area contributed by atoms with Crippen LogP contribution in [0.2, 0.25) is 0 Å². The highest BCUT2D eigenvalue weighted by atomic mass is 32.2. The zero-order valence-corrected chi connectivity index (χ0v) is 8.73. The van der Waals surface area contributed by atoms with Gasteiger partial charge in [-0.15, -0.1) is 0 Å². The Balaban J connectivity index is 2.43. The van der Waals surface area contributed by atoms with Crippen LogP contribution >= 0.6 is 0 Å². The Hall–Kier alpha value is -0.0500. The molecular weight excluding hydrogens is 172 g/mol. The van der Waals surface area contributed by atoms with Crippen LogP contribution in [0, 0.1) is 5.92 Å². The van der Waals surface area contributed by atoms with Gasteiger partial charge in [0.15, 0.2) is 9.84 Å². The van der Waals surface area contributed by atoms with Crippen molar-refractivity contribution in [3.63, 3.8) is 0 Å². The quantitative estimate of drug-likeness (QED) is 0.682. The zero-order chi connectivity index (χ0) is 9.19. The Morgan fingerprint density at radius 1 is 1.42 bits per heavy atom. The van der Waals surface area contributed by atoms with Crippen LogP contribution in [0.15, 0.2) is 0 Å². The summed E-state index contributed by atoms with van der Waals surface area (Å²) in [5.41, 5.74) is 0. The SMILES string of the molecule is CC(C)CCC1CCCS1(=O)=O. The van der Waals surface area contributed by atoms with Gasteiger partial charge in [0.05, 0.1) is 11.0 Å². The van der Waals surface area contributed by atoms with Gasteiger partial charge >= 0.3 is 0 Å². The second-order valence-corrected chi connectivity index (χ2v) is 6.50. The summed E-state index contributed by atoms with van der Waals surface area (Å²) in [7, 11) is -2.68. The van der Waals surface area contributed by atoms with Crippen molar-refractivity contribution in [3.05, 3.63) is 0 Å². The molecule has 0 amide bonds.